The summed E-state index contributed by atoms with van der Waals surface area (Å²) in [5, 5.41) is 3.69. The molecular formula is C17H29N. The standard InChI is InChI=1S/C17H29N/c1-10(2)18-17(8,9)16-14(6)12(4)11(3)13(5)15(16)7/h10,18H,1-9H3. The van der Waals surface area contributed by atoms with Crippen molar-refractivity contribution >= 4 is 0 Å². The van der Waals surface area contributed by atoms with Crippen molar-refractivity contribution in [1.82, 2.24) is 5.32 Å². The molecule has 0 amide bonds. The van der Waals surface area contributed by atoms with Gasteiger partial charge in [-0.25, -0.2) is 0 Å². The van der Waals surface area contributed by atoms with Crippen molar-refractivity contribution in [2.75, 3.05) is 0 Å². The summed E-state index contributed by atoms with van der Waals surface area (Å²) in [7, 11) is 0. The zero-order valence-electron chi connectivity index (χ0n) is 13.6. The molecule has 1 aromatic carbocycles. The molecule has 0 saturated heterocycles. The predicted molar refractivity (Wildman–Crippen MR) is 81.4 cm³/mol. The molecule has 0 aliphatic heterocycles. The van der Waals surface area contributed by atoms with E-state index in [1.54, 1.807) is 0 Å². The number of nitrogens with one attached hydrogen (secondary N) is 1. The smallest absolute Gasteiger partial charge is 0.0384 e. The zero-order chi connectivity index (χ0) is 14.2. The van der Waals surface area contributed by atoms with Crippen LogP contribution in [0.3, 0.4) is 0 Å². The lowest BCUT2D eigenvalue weighted by Gasteiger charge is -2.34. The normalized spacial score (nSPS) is 12.3. The van der Waals surface area contributed by atoms with Crippen molar-refractivity contribution in [2.24, 2.45) is 0 Å². The van der Waals surface area contributed by atoms with E-state index in [9.17, 15) is 0 Å². The Morgan fingerprint density at radius 2 is 1.06 bits per heavy atom. The Kier molecular flexibility index (Phi) is 4.27. The van der Waals surface area contributed by atoms with E-state index >= 15 is 0 Å². The van der Waals surface area contributed by atoms with Gasteiger partial charge in [0, 0.05) is 11.6 Å². The highest BCUT2D eigenvalue weighted by molar-refractivity contribution is 5.51. The lowest BCUT2D eigenvalue weighted by molar-refractivity contribution is 0.362. The molecule has 0 atom stereocenters. The third-order valence-electron chi connectivity index (χ3n) is 4.27. The lowest BCUT2D eigenvalue weighted by atomic mass is 9.80. The van der Waals surface area contributed by atoms with Crippen molar-refractivity contribution in [2.45, 2.75) is 73.9 Å². The maximum atomic E-state index is 3.69. The highest BCUT2D eigenvalue weighted by Gasteiger charge is 2.27. The van der Waals surface area contributed by atoms with Crippen LogP contribution in [0, 0.1) is 34.6 Å². The maximum Gasteiger partial charge on any atom is 0.0384 e. The number of hydrogen-bond acceptors (Lipinski definition) is 1. The van der Waals surface area contributed by atoms with Crippen LogP contribution < -0.4 is 5.32 Å². The minimum Gasteiger partial charge on any atom is -0.306 e. The maximum absolute atomic E-state index is 3.69. The van der Waals surface area contributed by atoms with Crippen LogP contribution in [0.2, 0.25) is 0 Å². The molecule has 1 aromatic rings. The van der Waals surface area contributed by atoms with Crippen molar-refractivity contribution in [1.29, 1.82) is 0 Å². The third-order valence-corrected chi connectivity index (χ3v) is 4.27. The molecule has 1 nitrogen and oxygen atoms in total. The van der Waals surface area contributed by atoms with E-state index in [0.29, 0.717) is 6.04 Å². The molecule has 1 heteroatoms. The first-order chi connectivity index (χ1) is 8.09. The van der Waals surface area contributed by atoms with Crippen molar-refractivity contribution in [3.05, 3.63) is 33.4 Å². The summed E-state index contributed by atoms with van der Waals surface area (Å²) in [6, 6.07) is 0.487. The minimum atomic E-state index is 0.0194. The van der Waals surface area contributed by atoms with Gasteiger partial charge in [-0.05, 0) is 81.8 Å². The van der Waals surface area contributed by atoms with Gasteiger partial charge < -0.3 is 5.32 Å². The van der Waals surface area contributed by atoms with Crippen LogP contribution >= 0.6 is 0 Å². The first kappa shape index (κ1) is 15.2. The Bertz CT molecular complexity index is 424. The van der Waals surface area contributed by atoms with E-state index < -0.39 is 0 Å². The second-order valence-electron chi connectivity index (χ2n) is 6.42. The topological polar surface area (TPSA) is 12.0 Å². The molecule has 0 aromatic heterocycles. The van der Waals surface area contributed by atoms with Gasteiger partial charge in [0.25, 0.3) is 0 Å². The van der Waals surface area contributed by atoms with E-state index in [4.69, 9.17) is 0 Å². The summed E-state index contributed by atoms with van der Waals surface area (Å²) in [6.07, 6.45) is 0. The zero-order valence-corrected chi connectivity index (χ0v) is 13.6. The van der Waals surface area contributed by atoms with Crippen LogP contribution in [0.25, 0.3) is 0 Å². The molecule has 0 bridgehead atoms. The van der Waals surface area contributed by atoms with Gasteiger partial charge >= 0.3 is 0 Å². The van der Waals surface area contributed by atoms with E-state index in [2.05, 4.69) is 67.6 Å². The highest BCUT2D eigenvalue weighted by Crippen LogP contribution is 2.33. The summed E-state index contributed by atoms with van der Waals surface area (Å²) in [5.74, 6) is 0. The molecule has 0 spiro atoms. The van der Waals surface area contributed by atoms with Gasteiger partial charge in [0.15, 0.2) is 0 Å². The van der Waals surface area contributed by atoms with Crippen molar-refractivity contribution in [3.63, 3.8) is 0 Å². The largest absolute Gasteiger partial charge is 0.306 e. The Labute approximate surface area is 113 Å². The molecule has 0 unspecified atom stereocenters. The van der Waals surface area contributed by atoms with Crippen LogP contribution in [0.4, 0.5) is 0 Å². The average Bonchev–Trinajstić information content (AvgIpc) is 2.21. The summed E-state index contributed by atoms with van der Waals surface area (Å²) in [5.41, 5.74) is 8.68. The lowest BCUT2D eigenvalue weighted by Crippen LogP contribution is -2.42. The van der Waals surface area contributed by atoms with Gasteiger partial charge in [0.2, 0.25) is 0 Å². The quantitative estimate of drug-likeness (QED) is 0.831. The monoisotopic (exact) mass is 247 g/mol. The summed E-state index contributed by atoms with van der Waals surface area (Å²) < 4.78 is 0. The molecule has 0 aliphatic rings. The fourth-order valence-electron chi connectivity index (χ4n) is 3.23. The molecule has 0 heterocycles. The first-order valence-electron chi connectivity index (χ1n) is 6.94. The summed E-state index contributed by atoms with van der Waals surface area (Å²) >= 11 is 0. The molecule has 102 valence electrons. The second kappa shape index (κ2) is 5.05. The Morgan fingerprint density at radius 1 is 0.722 bits per heavy atom. The van der Waals surface area contributed by atoms with Crippen molar-refractivity contribution < 1.29 is 0 Å². The molecule has 0 fully saturated rings. The van der Waals surface area contributed by atoms with Crippen LogP contribution in [0.1, 0.15) is 61.1 Å². The SMILES string of the molecule is Cc1c(C)c(C)c(C(C)(C)NC(C)C)c(C)c1C. The van der Waals surface area contributed by atoms with Crippen LogP contribution in [0.15, 0.2) is 0 Å². The van der Waals surface area contributed by atoms with E-state index in [1.807, 2.05) is 0 Å². The van der Waals surface area contributed by atoms with Gasteiger partial charge in [-0.3, -0.25) is 0 Å². The fourth-order valence-corrected chi connectivity index (χ4v) is 3.23. The Morgan fingerprint density at radius 3 is 1.39 bits per heavy atom. The van der Waals surface area contributed by atoms with Crippen LogP contribution in [-0.4, -0.2) is 6.04 Å². The van der Waals surface area contributed by atoms with Crippen LogP contribution in [-0.2, 0) is 5.54 Å². The molecule has 1 N–H and O–H groups in total. The van der Waals surface area contributed by atoms with Gasteiger partial charge in [0.05, 0.1) is 0 Å². The highest BCUT2D eigenvalue weighted by atomic mass is 15.0. The van der Waals surface area contributed by atoms with Crippen LogP contribution in [0.5, 0.6) is 0 Å². The molecule has 1 rings (SSSR count). The molecule has 0 saturated carbocycles. The van der Waals surface area contributed by atoms with Gasteiger partial charge in [-0.2, -0.15) is 0 Å². The summed E-state index contributed by atoms with van der Waals surface area (Å²) in [4.78, 5) is 0. The molecular weight excluding hydrogens is 218 g/mol. The molecule has 0 aliphatic carbocycles. The van der Waals surface area contributed by atoms with E-state index in [-0.39, 0.29) is 5.54 Å². The number of hydrogen-bond donors (Lipinski definition) is 1. The van der Waals surface area contributed by atoms with Gasteiger partial charge in [0.1, 0.15) is 0 Å². The van der Waals surface area contributed by atoms with Crippen molar-refractivity contribution in [3.8, 4) is 0 Å². The average molecular weight is 247 g/mol. The Hall–Kier alpha value is -0.820. The van der Waals surface area contributed by atoms with Gasteiger partial charge in [-0.1, -0.05) is 13.8 Å². The van der Waals surface area contributed by atoms with E-state index in [0.717, 1.165) is 0 Å². The van der Waals surface area contributed by atoms with E-state index in [1.165, 1.54) is 33.4 Å². The Balaban J connectivity index is 3.50. The summed E-state index contributed by atoms with van der Waals surface area (Å²) in [6.45, 7) is 20.2. The number of rotatable bonds is 3. The second-order valence-corrected chi connectivity index (χ2v) is 6.42. The number of benzene rings is 1. The third kappa shape index (κ3) is 2.61. The predicted octanol–water partition coefficient (Wildman–Crippen LogP) is 4.46. The minimum absolute atomic E-state index is 0.0194. The molecule has 0 radical (unpaired) electrons. The fraction of sp³-hybridized carbons (Fsp3) is 0.647. The molecule has 18 heavy (non-hydrogen) atoms. The first-order valence-corrected chi connectivity index (χ1v) is 6.94. The van der Waals surface area contributed by atoms with Gasteiger partial charge in [-0.15, -0.1) is 0 Å².